The zero-order valence-electron chi connectivity index (χ0n) is 17.9. The summed E-state index contributed by atoms with van der Waals surface area (Å²) in [5, 5.41) is 0. The number of likely N-dealkylation sites (N-methyl/N-ethyl adjacent to an activating group) is 1. The third-order valence-corrected chi connectivity index (χ3v) is 6.59. The van der Waals surface area contributed by atoms with E-state index in [2.05, 4.69) is 0 Å². The van der Waals surface area contributed by atoms with Gasteiger partial charge < -0.3 is 9.64 Å². The van der Waals surface area contributed by atoms with Crippen LogP contribution in [0.3, 0.4) is 0 Å². The van der Waals surface area contributed by atoms with E-state index in [0.717, 1.165) is 22.0 Å². The number of ether oxygens (including phenoxy) is 1. The minimum Gasteiger partial charge on any atom is -0.494 e. The second-order valence-electron chi connectivity index (χ2n) is 7.13. The molecular formula is C24H25FN2O4S. The van der Waals surface area contributed by atoms with Gasteiger partial charge in [-0.2, -0.15) is 0 Å². The van der Waals surface area contributed by atoms with E-state index in [4.69, 9.17) is 4.74 Å². The summed E-state index contributed by atoms with van der Waals surface area (Å²) < 4.78 is 46.6. The van der Waals surface area contributed by atoms with Crippen LogP contribution in [0.5, 0.6) is 5.75 Å². The topological polar surface area (TPSA) is 66.9 Å². The molecule has 0 unspecified atom stereocenters. The van der Waals surface area contributed by atoms with Gasteiger partial charge in [0.05, 0.1) is 17.2 Å². The van der Waals surface area contributed by atoms with E-state index in [9.17, 15) is 17.6 Å². The fourth-order valence-corrected chi connectivity index (χ4v) is 4.53. The highest BCUT2D eigenvalue weighted by Gasteiger charge is 2.28. The largest absolute Gasteiger partial charge is 0.494 e. The average Bonchev–Trinajstić information content (AvgIpc) is 2.79. The minimum atomic E-state index is -4.12. The minimum absolute atomic E-state index is 0.105. The van der Waals surface area contributed by atoms with Crippen LogP contribution in [0.15, 0.2) is 83.8 Å². The normalized spacial score (nSPS) is 11.1. The fourth-order valence-electron chi connectivity index (χ4n) is 3.11. The zero-order valence-corrected chi connectivity index (χ0v) is 18.8. The Morgan fingerprint density at radius 2 is 1.56 bits per heavy atom. The van der Waals surface area contributed by atoms with Crippen LogP contribution in [-0.4, -0.2) is 39.4 Å². The molecule has 0 N–H and O–H groups in total. The summed E-state index contributed by atoms with van der Waals surface area (Å²) in [5.41, 5.74) is 1.23. The first kappa shape index (κ1) is 23.3. The highest BCUT2D eigenvalue weighted by molar-refractivity contribution is 7.92. The maximum absolute atomic E-state index is 13.4. The average molecular weight is 457 g/mol. The Labute approximate surface area is 187 Å². The van der Waals surface area contributed by atoms with E-state index in [1.54, 1.807) is 31.3 Å². The smallest absolute Gasteiger partial charge is 0.264 e. The third kappa shape index (κ3) is 5.64. The van der Waals surface area contributed by atoms with Crippen LogP contribution in [0.2, 0.25) is 0 Å². The van der Waals surface area contributed by atoms with Crippen molar-refractivity contribution in [2.75, 3.05) is 24.5 Å². The Morgan fingerprint density at radius 3 is 2.16 bits per heavy atom. The predicted molar refractivity (Wildman–Crippen MR) is 121 cm³/mol. The number of halogens is 1. The Hall–Kier alpha value is -3.39. The number of nitrogens with zero attached hydrogens (tertiary/aromatic N) is 2. The third-order valence-electron chi connectivity index (χ3n) is 4.80. The molecule has 3 aromatic carbocycles. The molecule has 0 atom stereocenters. The van der Waals surface area contributed by atoms with Gasteiger partial charge in [0, 0.05) is 13.6 Å². The molecule has 0 radical (unpaired) electrons. The molecule has 32 heavy (non-hydrogen) atoms. The molecule has 0 aromatic heterocycles. The van der Waals surface area contributed by atoms with Crippen LogP contribution < -0.4 is 9.04 Å². The summed E-state index contributed by atoms with van der Waals surface area (Å²) in [4.78, 5) is 14.3. The highest BCUT2D eigenvalue weighted by Crippen LogP contribution is 2.26. The Balaban J connectivity index is 1.91. The molecule has 0 bridgehead atoms. The number of anilines is 1. The van der Waals surface area contributed by atoms with Gasteiger partial charge >= 0.3 is 0 Å². The number of amides is 1. The first-order valence-electron chi connectivity index (χ1n) is 10.1. The van der Waals surface area contributed by atoms with Crippen LogP contribution in [0.4, 0.5) is 10.1 Å². The SMILES string of the molecule is CCOc1ccc(N(CC(=O)N(C)Cc2ccccc2)S(=O)(=O)c2ccc(F)cc2)cc1. The van der Waals surface area contributed by atoms with Crippen molar-refractivity contribution < 1.29 is 22.3 Å². The lowest BCUT2D eigenvalue weighted by Crippen LogP contribution is -2.41. The van der Waals surface area contributed by atoms with Gasteiger partial charge in [-0.25, -0.2) is 12.8 Å². The van der Waals surface area contributed by atoms with Crippen molar-refractivity contribution in [1.82, 2.24) is 4.90 Å². The molecule has 8 heteroatoms. The molecular weight excluding hydrogens is 431 g/mol. The van der Waals surface area contributed by atoms with Crippen LogP contribution in [0.25, 0.3) is 0 Å². The quantitative estimate of drug-likeness (QED) is 0.487. The van der Waals surface area contributed by atoms with E-state index in [0.29, 0.717) is 24.6 Å². The number of sulfonamides is 1. The van der Waals surface area contributed by atoms with Crippen molar-refractivity contribution in [1.29, 1.82) is 0 Å². The molecule has 3 rings (SSSR count). The molecule has 0 aliphatic carbocycles. The molecule has 168 valence electrons. The number of benzene rings is 3. The highest BCUT2D eigenvalue weighted by atomic mass is 32.2. The van der Waals surface area contributed by atoms with Crippen LogP contribution in [-0.2, 0) is 21.4 Å². The second-order valence-corrected chi connectivity index (χ2v) is 8.99. The fraction of sp³-hybridized carbons (Fsp3) is 0.208. The Morgan fingerprint density at radius 1 is 0.938 bits per heavy atom. The lowest BCUT2D eigenvalue weighted by atomic mass is 10.2. The molecule has 0 saturated carbocycles. The molecule has 0 saturated heterocycles. The number of rotatable bonds is 9. The maximum atomic E-state index is 13.4. The van der Waals surface area contributed by atoms with E-state index in [-0.39, 0.29) is 10.8 Å². The maximum Gasteiger partial charge on any atom is 0.264 e. The van der Waals surface area contributed by atoms with Crippen molar-refractivity contribution in [3.05, 3.63) is 90.2 Å². The van der Waals surface area contributed by atoms with E-state index >= 15 is 0 Å². The first-order valence-corrected chi connectivity index (χ1v) is 11.5. The van der Waals surface area contributed by atoms with Gasteiger partial charge in [-0.3, -0.25) is 9.10 Å². The number of carbonyl (C=O) groups is 1. The van der Waals surface area contributed by atoms with Crippen molar-refractivity contribution in [2.24, 2.45) is 0 Å². The van der Waals surface area contributed by atoms with Crippen LogP contribution in [0, 0.1) is 5.82 Å². The summed E-state index contributed by atoms with van der Waals surface area (Å²) >= 11 is 0. The van der Waals surface area contributed by atoms with Gasteiger partial charge in [-0.15, -0.1) is 0 Å². The summed E-state index contributed by atoms with van der Waals surface area (Å²) in [6.45, 7) is 2.25. The van der Waals surface area contributed by atoms with Crippen molar-refractivity contribution in [3.8, 4) is 5.75 Å². The molecule has 6 nitrogen and oxygen atoms in total. The van der Waals surface area contributed by atoms with Crippen LogP contribution in [0.1, 0.15) is 12.5 Å². The Bertz CT molecular complexity index is 1130. The van der Waals surface area contributed by atoms with Crippen molar-refractivity contribution in [3.63, 3.8) is 0 Å². The lowest BCUT2D eigenvalue weighted by Gasteiger charge is -2.27. The monoisotopic (exact) mass is 456 g/mol. The van der Waals surface area contributed by atoms with Crippen LogP contribution >= 0.6 is 0 Å². The van der Waals surface area contributed by atoms with Gasteiger partial charge in [0.1, 0.15) is 18.1 Å². The molecule has 0 heterocycles. The molecule has 0 aliphatic rings. The summed E-state index contributed by atoms with van der Waals surface area (Å²) in [6, 6.07) is 20.4. The van der Waals surface area contributed by atoms with E-state index in [1.807, 2.05) is 37.3 Å². The Kier molecular flexibility index (Phi) is 7.48. The van der Waals surface area contributed by atoms with Gasteiger partial charge in [0.25, 0.3) is 10.0 Å². The summed E-state index contributed by atoms with van der Waals surface area (Å²) in [7, 11) is -2.50. The molecule has 1 amide bonds. The predicted octanol–water partition coefficient (Wildman–Crippen LogP) is 4.08. The van der Waals surface area contributed by atoms with Crippen molar-refractivity contribution in [2.45, 2.75) is 18.4 Å². The summed E-state index contributed by atoms with van der Waals surface area (Å²) in [6.07, 6.45) is 0. The summed E-state index contributed by atoms with van der Waals surface area (Å²) in [5.74, 6) is -0.341. The number of hydrogen-bond acceptors (Lipinski definition) is 4. The second kappa shape index (κ2) is 10.3. The molecule has 3 aromatic rings. The number of carbonyl (C=O) groups excluding carboxylic acids is 1. The molecule has 0 fully saturated rings. The van der Waals surface area contributed by atoms with Gasteiger partial charge in [0.2, 0.25) is 5.91 Å². The lowest BCUT2D eigenvalue weighted by molar-refractivity contribution is -0.128. The molecule has 0 spiro atoms. The van der Waals surface area contributed by atoms with E-state index < -0.39 is 22.4 Å². The number of hydrogen-bond donors (Lipinski definition) is 0. The first-order chi connectivity index (χ1) is 15.3. The van der Waals surface area contributed by atoms with Crippen molar-refractivity contribution >= 4 is 21.6 Å². The van der Waals surface area contributed by atoms with Gasteiger partial charge in [-0.05, 0) is 61.0 Å². The van der Waals surface area contributed by atoms with E-state index in [1.165, 1.54) is 17.0 Å². The zero-order chi connectivity index (χ0) is 23.1. The van der Waals surface area contributed by atoms with Gasteiger partial charge in [-0.1, -0.05) is 30.3 Å². The standard InChI is InChI=1S/C24H25FN2O4S/c1-3-31-22-13-11-21(12-14-22)27(32(29,30)23-15-9-20(25)10-16-23)18-24(28)26(2)17-19-7-5-4-6-8-19/h4-16H,3,17-18H2,1-2H3. The van der Waals surface area contributed by atoms with Gasteiger partial charge in [0.15, 0.2) is 0 Å². The molecule has 0 aliphatic heterocycles.